The minimum atomic E-state index is -0.139. The Labute approximate surface area is 124 Å². The molecule has 2 aromatic rings. The normalized spacial score (nSPS) is 16.0. The summed E-state index contributed by atoms with van der Waals surface area (Å²) in [6.07, 6.45) is 2.49. The van der Waals surface area contributed by atoms with E-state index in [1.54, 1.807) is 6.26 Å². The summed E-state index contributed by atoms with van der Waals surface area (Å²) < 4.78 is 5.38. The number of hydrogen-bond donors (Lipinski definition) is 1. The van der Waals surface area contributed by atoms with Gasteiger partial charge in [-0.05, 0) is 12.1 Å². The molecule has 0 atom stereocenters. The van der Waals surface area contributed by atoms with Gasteiger partial charge in [-0.3, -0.25) is 9.69 Å². The molecule has 0 fully saturated rings. The topological polar surface area (TPSA) is 62.1 Å². The van der Waals surface area contributed by atoms with Crippen molar-refractivity contribution in [1.29, 1.82) is 0 Å². The third kappa shape index (κ3) is 2.93. The molecule has 0 saturated carbocycles. The van der Waals surface area contributed by atoms with E-state index in [2.05, 4.69) is 35.6 Å². The summed E-state index contributed by atoms with van der Waals surface area (Å²) in [6.45, 7) is 8.43. The van der Waals surface area contributed by atoms with Gasteiger partial charge in [-0.15, -0.1) is 0 Å². The van der Waals surface area contributed by atoms with Crippen LogP contribution in [0.2, 0.25) is 0 Å². The first-order valence-corrected chi connectivity index (χ1v) is 7.31. The molecule has 0 bridgehead atoms. The molecule has 3 rings (SSSR count). The van der Waals surface area contributed by atoms with Crippen LogP contribution in [0.3, 0.4) is 0 Å². The van der Waals surface area contributed by atoms with Crippen LogP contribution in [0.1, 0.15) is 43.6 Å². The summed E-state index contributed by atoms with van der Waals surface area (Å²) in [4.78, 5) is 22.2. The molecule has 3 heterocycles. The van der Waals surface area contributed by atoms with Gasteiger partial charge in [-0.2, -0.15) is 0 Å². The van der Waals surface area contributed by atoms with Gasteiger partial charge in [-0.1, -0.05) is 20.8 Å². The Morgan fingerprint density at radius 1 is 1.43 bits per heavy atom. The van der Waals surface area contributed by atoms with Gasteiger partial charge >= 0.3 is 0 Å². The number of furan rings is 1. The smallest absolute Gasteiger partial charge is 0.255 e. The molecule has 21 heavy (non-hydrogen) atoms. The molecule has 0 unspecified atom stereocenters. The third-order valence-electron chi connectivity index (χ3n) is 3.82. The number of rotatable bonds is 2. The molecule has 0 radical (unpaired) electrons. The highest BCUT2D eigenvalue weighted by Crippen LogP contribution is 2.21. The minimum absolute atomic E-state index is 0.00549. The molecular weight excluding hydrogens is 266 g/mol. The number of fused-ring (bicyclic) bond motifs is 1. The predicted molar refractivity (Wildman–Crippen MR) is 80.1 cm³/mol. The first kappa shape index (κ1) is 14.1. The van der Waals surface area contributed by atoms with Crippen molar-refractivity contribution in [3.05, 3.63) is 51.6 Å². The Morgan fingerprint density at radius 3 is 2.90 bits per heavy atom. The maximum atomic E-state index is 12.3. The molecule has 5 nitrogen and oxygen atoms in total. The number of nitrogens with zero attached hydrogens (tertiary/aromatic N) is 2. The second-order valence-corrected chi connectivity index (χ2v) is 6.63. The second-order valence-electron chi connectivity index (χ2n) is 6.63. The van der Waals surface area contributed by atoms with Crippen molar-refractivity contribution in [2.75, 3.05) is 6.54 Å². The number of aromatic nitrogens is 2. The first-order valence-electron chi connectivity index (χ1n) is 7.31. The number of H-pyrrole nitrogens is 1. The van der Waals surface area contributed by atoms with E-state index >= 15 is 0 Å². The summed E-state index contributed by atoms with van der Waals surface area (Å²) in [7, 11) is 0. The molecule has 0 saturated heterocycles. The Morgan fingerprint density at radius 2 is 2.24 bits per heavy atom. The molecule has 1 aliphatic heterocycles. The molecule has 1 aliphatic rings. The SMILES string of the molecule is CC(C)(C)c1nc2c(c(=O)[nH]1)CN(Cc1ccco1)CC2. The van der Waals surface area contributed by atoms with Gasteiger partial charge in [0.25, 0.3) is 5.56 Å². The van der Waals surface area contributed by atoms with Gasteiger partial charge in [0.15, 0.2) is 0 Å². The average molecular weight is 287 g/mol. The van der Waals surface area contributed by atoms with Gasteiger partial charge in [0.05, 0.1) is 24.1 Å². The van der Waals surface area contributed by atoms with Crippen molar-refractivity contribution < 1.29 is 4.42 Å². The van der Waals surface area contributed by atoms with Crippen molar-refractivity contribution >= 4 is 0 Å². The molecule has 0 spiro atoms. The summed E-state index contributed by atoms with van der Waals surface area (Å²) in [6, 6.07) is 3.85. The maximum absolute atomic E-state index is 12.3. The fourth-order valence-corrected chi connectivity index (χ4v) is 2.59. The summed E-state index contributed by atoms with van der Waals surface area (Å²) in [5.74, 6) is 1.69. The molecule has 0 amide bonds. The van der Waals surface area contributed by atoms with Gasteiger partial charge in [0.1, 0.15) is 11.6 Å². The van der Waals surface area contributed by atoms with E-state index in [1.807, 2.05) is 12.1 Å². The van der Waals surface area contributed by atoms with Crippen LogP contribution in [0.25, 0.3) is 0 Å². The summed E-state index contributed by atoms with van der Waals surface area (Å²) in [5, 5.41) is 0. The van der Waals surface area contributed by atoms with Crippen molar-refractivity contribution in [2.24, 2.45) is 0 Å². The highest BCUT2D eigenvalue weighted by molar-refractivity contribution is 5.22. The lowest BCUT2D eigenvalue weighted by molar-refractivity contribution is 0.222. The first-order chi connectivity index (χ1) is 9.93. The van der Waals surface area contributed by atoms with E-state index in [0.29, 0.717) is 6.54 Å². The molecule has 5 heteroatoms. The van der Waals surface area contributed by atoms with Crippen LogP contribution in [-0.4, -0.2) is 21.4 Å². The fourth-order valence-electron chi connectivity index (χ4n) is 2.59. The zero-order valence-corrected chi connectivity index (χ0v) is 12.8. The van der Waals surface area contributed by atoms with E-state index in [0.717, 1.165) is 42.4 Å². The molecular formula is C16H21N3O2. The quantitative estimate of drug-likeness (QED) is 0.920. The largest absolute Gasteiger partial charge is 0.468 e. The molecule has 112 valence electrons. The number of nitrogens with one attached hydrogen (secondary N) is 1. The van der Waals surface area contributed by atoms with Crippen LogP contribution < -0.4 is 5.56 Å². The lowest BCUT2D eigenvalue weighted by Crippen LogP contribution is -2.37. The highest BCUT2D eigenvalue weighted by Gasteiger charge is 2.25. The molecule has 2 aromatic heterocycles. The lowest BCUT2D eigenvalue weighted by Gasteiger charge is -2.28. The predicted octanol–water partition coefficient (Wildman–Crippen LogP) is 2.22. The van der Waals surface area contributed by atoms with Crippen molar-refractivity contribution in [1.82, 2.24) is 14.9 Å². The van der Waals surface area contributed by atoms with Crippen LogP contribution in [0, 0.1) is 0 Å². The Kier molecular flexibility index (Phi) is 3.45. The molecule has 0 aliphatic carbocycles. The number of hydrogen-bond acceptors (Lipinski definition) is 4. The lowest BCUT2D eigenvalue weighted by atomic mass is 9.95. The fraction of sp³-hybridized carbons (Fsp3) is 0.500. The van der Waals surface area contributed by atoms with Gasteiger partial charge < -0.3 is 9.40 Å². The highest BCUT2D eigenvalue weighted by atomic mass is 16.3. The Bertz CT molecular complexity index is 681. The average Bonchev–Trinajstić information content (AvgIpc) is 2.91. The zero-order chi connectivity index (χ0) is 15.0. The van der Waals surface area contributed by atoms with Crippen molar-refractivity contribution in [3.8, 4) is 0 Å². The Hall–Kier alpha value is -1.88. The minimum Gasteiger partial charge on any atom is -0.468 e. The van der Waals surface area contributed by atoms with Gasteiger partial charge in [-0.25, -0.2) is 4.98 Å². The van der Waals surface area contributed by atoms with Gasteiger partial charge in [0, 0.05) is 24.9 Å². The van der Waals surface area contributed by atoms with E-state index in [-0.39, 0.29) is 11.0 Å². The number of aromatic amines is 1. The maximum Gasteiger partial charge on any atom is 0.255 e. The monoisotopic (exact) mass is 287 g/mol. The van der Waals surface area contributed by atoms with Crippen LogP contribution in [0.4, 0.5) is 0 Å². The zero-order valence-electron chi connectivity index (χ0n) is 12.8. The van der Waals surface area contributed by atoms with Crippen molar-refractivity contribution in [2.45, 2.75) is 45.7 Å². The second kappa shape index (κ2) is 5.15. The van der Waals surface area contributed by atoms with Crippen LogP contribution >= 0.6 is 0 Å². The summed E-state index contributed by atoms with van der Waals surface area (Å²) in [5.41, 5.74) is 1.59. The van der Waals surface area contributed by atoms with Crippen molar-refractivity contribution in [3.63, 3.8) is 0 Å². The van der Waals surface area contributed by atoms with Crippen LogP contribution in [0.5, 0.6) is 0 Å². The van der Waals surface area contributed by atoms with E-state index in [4.69, 9.17) is 4.42 Å². The summed E-state index contributed by atoms with van der Waals surface area (Å²) >= 11 is 0. The van der Waals surface area contributed by atoms with E-state index < -0.39 is 0 Å². The van der Waals surface area contributed by atoms with E-state index in [9.17, 15) is 4.79 Å². The molecule has 0 aromatic carbocycles. The third-order valence-corrected chi connectivity index (χ3v) is 3.82. The van der Waals surface area contributed by atoms with Gasteiger partial charge in [0.2, 0.25) is 0 Å². The molecule has 1 N–H and O–H groups in total. The van der Waals surface area contributed by atoms with Crippen LogP contribution in [-0.2, 0) is 24.9 Å². The Balaban J connectivity index is 1.85. The standard InChI is InChI=1S/C16H21N3O2/c1-16(2,3)15-17-13-6-7-19(9-11-5-4-8-21-11)10-12(13)14(20)18-15/h4-5,8H,6-7,9-10H2,1-3H3,(H,17,18,20). The van der Waals surface area contributed by atoms with Crippen LogP contribution in [0.15, 0.2) is 27.6 Å². The van der Waals surface area contributed by atoms with E-state index in [1.165, 1.54) is 0 Å².